The Balaban J connectivity index is 2.02. The van der Waals surface area contributed by atoms with Gasteiger partial charge in [-0.2, -0.15) is 0 Å². The lowest BCUT2D eigenvalue weighted by Gasteiger charge is -2.48. The number of halogens is 1. The number of rotatable bonds is 4. The quantitative estimate of drug-likeness (QED) is 0.295. The van der Waals surface area contributed by atoms with Crippen molar-refractivity contribution in [3.8, 4) is 0 Å². The average Bonchev–Trinajstić information content (AvgIpc) is 2.74. The molecular weight excluding hydrogens is 402 g/mol. The summed E-state index contributed by atoms with van der Waals surface area (Å²) >= 11 is 4.76. The molecule has 7 nitrogen and oxygen atoms in total. The Bertz CT molecular complexity index is 575. The standard InChI is InChI=1S/C15H22BrNO6S/c1-13(2,3)12(20)23-7-22-9(18)8-14(4,5)24-11-15(16,21-6)10(19)17(8)11/h8,11H,7H2,1-6H3/t8-,11+,15?/m0/s1. The number of methoxy groups -OCH3 is 1. The van der Waals surface area contributed by atoms with E-state index in [1.807, 2.05) is 13.8 Å². The third kappa shape index (κ3) is 3.06. The number of alkyl halides is 1. The van der Waals surface area contributed by atoms with Crippen molar-refractivity contribution in [1.82, 2.24) is 4.90 Å². The van der Waals surface area contributed by atoms with Crippen LogP contribution in [0.25, 0.3) is 0 Å². The number of hydrogen-bond donors (Lipinski definition) is 0. The van der Waals surface area contributed by atoms with Gasteiger partial charge in [-0.05, 0) is 50.5 Å². The van der Waals surface area contributed by atoms with Gasteiger partial charge in [0.2, 0.25) is 11.3 Å². The van der Waals surface area contributed by atoms with Crippen molar-refractivity contribution in [2.75, 3.05) is 13.9 Å². The first-order chi connectivity index (χ1) is 10.9. The van der Waals surface area contributed by atoms with Gasteiger partial charge >= 0.3 is 11.9 Å². The molecule has 2 saturated heterocycles. The van der Waals surface area contributed by atoms with Crippen molar-refractivity contribution in [2.24, 2.45) is 5.41 Å². The van der Waals surface area contributed by atoms with Gasteiger partial charge in [0.1, 0.15) is 11.4 Å². The molecule has 0 spiro atoms. The van der Waals surface area contributed by atoms with Crippen LogP contribution in [-0.4, -0.2) is 57.3 Å². The van der Waals surface area contributed by atoms with Crippen LogP contribution < -0.4 is 0 Å². The first kappa shape index (κ1) is 19.5. The lowest BCUT2D eigenvalue weighted by molar-refractivity contribution is -0.186. The molecule has 0 aromatic rings. The largest absolute Gasteiger partial charge is 0.427 e. The predicted octanol–water partition coefficient (Wildman–Crippen LogP) is 1.88. The maximum Gasteiger partial charge on any atom is 0.333 e. The molecule has 0 bridgehead atoms. The molecule has 2 aliphatic rings. The zero-order chi connectivity index (χ0) is 18.5. The van der Waals surface area contributed by atoms with Crippen LogP contribution in [0.2, 0.25) is 0 Å². The van der Waals surface area contributed by atoms with E-state index in [1.54, 1.807) is 20.8 Å². The highest BCUT2D eigenvalue weighted by atomic mass is 79.9. The molecule has 136 valence electrons. The fraction of sp³-hybridized carbons (Fsp3) is 0.800. The van der Waals surface area contributed by atoms with E-state index in [1.165, 1.54) is 23.8 Å². The fourth-order valence-electron chi connectivity index (χ4n) is 2.60. The summed E-state index contributed by atoms with van der Waals surface area (Å²) in [6, 6.07) is -0.769. The Labute approximate surface area is 153 Å². The van der Waals surface area contributed by atoms with Crippen LogP contribution in [-0.2, 0) is 28.6 Å². The van der Waals surface area contributed by atoms with Crippen LogP contribution in [0.4, 0.5) is 0 Å². The summed E-state index contributed by atoms with van der Waals surface area (Å²) in [4.78, 5) is 38.0. The van der Waals surface area contributed by atoms with Crippen LogP contribution in [0.1, 0.15) is 34.6 Å². The molecule has 0 aliphatic carbocycles. The van der Waals surface area contributed by atoms with Gasteiger partial charge in [-0.3, -0.25) is 9.59 Å². The first-order valence-corrected chi connectivity index (χ1v) is 9.12. The normalized spacial score (nSPS) is 31.3. The first-order valence-electron chi connectivity index (χ1n) is 7.45. The van der Waals surface area contributed by atoms with E-state index in [4.69, 9.17) is 14.2 Å². The minimum absolute atomic E-state index is 0.318. The monoisotopic (exact) mass is 423 g/mol. The second-order valence-electron chi connectivity index (χ2n) is 7.30. The molecule has 0 N–H and O–H groups in total. The molecule has 2 fully saturated rings. The molecule has 0 radical (unpaired) electrons. The van der Waals surface area contributed by atoms with Gasteiger partial charge in [-0.25, -0.2) is 4.79 Å². The van der Waals surface area contributed by atoms with E-state index in [0.29, 0.717) is 0 Å². The smallest absolute Gasteiger partial charge is 0.333 e. The van der Waals surface area contributed by atoms with E-state index in [9.17, 15) is 14.4 Å². The van der Waals surface area contributed by atoms with Crippen LogP contribution in [0.3, 0.4) is 0 Å². The molecule has 1 unspecified atom stereocenters. The Kier molecular flexibility index (Phi) is 5.02. The number of β-lactam (4-membered cyclic amide) rings is 1. The number of esters is 2. The summed E-state index contributed by atoms with van der Waals surface area (Å²) < 4.78 is 13.6. The topological polar surface area (TPSA) is 82.1 Å². The highest BCUT2D eigenvalue weighted by Crippen LogP contribution is 2.58. The van der Waals surface area contributed by atoms with Crippen molar-refractivity contribution in [3.63, 3.8) is 0 Å². The van der Waals surface area contributed by atoms with Gasteiger partial charge < -0.3 is 19.1 Å². The minimum Gasteiger partial charge on any atom is -0.427 e. The second kappa shape index (κ2) is 6.17. The number of fused-ring (bicyclic) bond motifs is 1. The summed E-state index contributed by atoms with van der Waals surface area (Å²) in [5, 5.41) is -0.320. The molecule has 9 heteroatoms. The molecular formula is C15H22BrNO6S. The van der Waals surface area contributed by atoms with Gasteiger partial charge in [0.25, 0.3) is 5.91 Å². The highest BCUT2D eigenvalue weighted by Gasteiger charge is 2.71. The lowest BCUT2D eigenvalue weighted by Crippen LogP contribution is -2.71. The third-order valence-electron chi connectivity index (χ3n) is 3.97. The molecule has 2 aliphatic heterocycles. The van der Waals surface area contributed by atoms with Crippen molar-refractivity contribution in [1.29, 1.82) is 0 Å². The Hall–Kier alpha value is -0.800. The molecule has 0 aromatic heterocycles. The van der Waals surface area contributed by atoms with E-state index >= 15 is 0 Å². The SMILES string of the molecule is COC1(Br)C(=O)N2[C@@H](C(=O)OCOC(=O)C(C)(C)C)C(C)(C)S[C@@H]21. The molecule has 0 aromatic carbocycles. The second-order valence-corrected chi connectivity index (χ2v) is 10.2. The third-order valence-corrected chi connectivity index (χ3v) is 6.99. The zero-order valence-corrected chi connectivity index (χ0v) is 16.9. The molecule has 3 atom stereocenters. The van der Waals surface area contributed by atoms with Crippen LogP contribution in [0.5, 0.6) is 0 Å². The van der Waals surface area contributed by atoms with E-state index < -0.39 is 39.4 Å². The van der Waals surface area contributed by atoms with Gasteiger partial charge in [-0.15, -0.1) is 11.8 Å². The van der Waals surface area contributed by atoms with E-state index in [0.717, 1.165) is 0 Å². The van der Waals surface area contributed by atoms with Gasteiger partial charge in [0.15, 0.2) is 0 Å². The van der Waals surface area contributed by atoms with E-state index in [-0.39, 0.29) is 11.3 Å². The number of carbonyl (C=O) groups excluding carboxylic acids is 3. The number of hydrogen-bond acceptors (Lipinski definition) is 7. The molecule has 0 saturated carbocycles. The lowest BCUT2D eigenvalue weighted by atomic mass is 9.97. The van der Waals surface area contributed by atoms with Gasteiger partial charge in [0.05, 0.1) is 5.41 Å². The Morgan fingerprint density at radius 1 is 1.29 bits per heavy atom. The summed E-state index contributed by atoms with van der Waals surface area (Å²) in [7, 11) is 1.44. The van der Waals surface area contributed by atoms with Crippen molar-refractivity contribution in [2.45, 2.75) is 55.3 Å². The summed E-state index contributed by atoms with van der Waals surface area (Å²) in [6.07, 6.45) is 0. The highest BCUT2D eigenvalue weighted by molar-refractivity contribution is 9.10. The van der Waals surface area contributed by atoms with Crippen LogP contribution >= 0.6 is 27.7 Å². The Morgan fingerprint density at radius 2 is 1.88 bits per heavy atom. The Morgan fingerprint density at radius 3 is 2.38 bits per heavy atom. The van der Waals surface area contributed by atoms with Crippen LogP contribution in [0, 0.1) is 5.41 Å². The summed E-state index contributed by atoms with van der Waals surface area (Å²) in [5.74, 6) is -1.38. The maximum atomic E-state index is 12.5. The summed E-state index contributed by atoms with van der Waals surface area (Å²) in [6.45, 7) is 8.37. The number of amides is 1. The zero-order valence-electron chi connectivity index (χ0n) is 14.5. The number of ether oxygens (including phenoxy) is 3. The molecule has 2 heterocycles. The van der Waals surface area contributed by atoms with Crippen molar-refractivity contribution >= 4 is 45.5 Å². The van der Waals surface area contributed by atoms with Gasteiger partial charge in [0, 0.05) is 11.9 Å². The molecule has 24 heavy (non-hydrogen) atoms. The van der Waals surface area contributed by atoms with E-state index in [2.05, 4.69) is 15.9 Å². The summed E-state index contributed by atoms with van der Waals surface area (Å²) in [5.41, 5.74) is -0.679. The van der Waals surface area contributed by atoms with Crippen molar-refractivity contribution < 1.29 is 28.6 Å². The fourth-order valence-corrected chi connectivity index (χ4v) is 4.89. The number of nitrogens with zero attached hydrogens (tertiary/aromatic N) is 1. The van der Waals surface area contributed by atoms with Crippen LogP contribution in [0.15, 0.2) is 0 Å². The minimum atomic E-state index is -1.11. The van der Waals surface area contributed by atoms with Gasteiger partial charge in [-0.1, -0.05) is 0 Å². The average molecular weight is 424 g/mol. The van der Waals surface area contributed by atoms with Crippen molar-refractivity contribution in [3.05, 3.63) is 0 Å². The predicted molar refractivity (Wildman–Crippen MR) is 91.3 cm³/mol. The molecule has 2 rings (SSSR count). The molecule has 1 amide bonds. The number of thioether (sulfide) groups is 1. The maximum absolute atomic E-state index is 12.5. The number of carbonyl (C=O) groups is 3.